The van der Waals surface area contributed by atoms with E-state index in [0.29, 0.717) is 12.0 Å². The Balaban J connectivity index is 3.45. The van der Waals surface area contributed by atoms with Gasteiger partial charge in [0, 0.05) is 0 Å². The Kier molecular flexibility index (Phi) is 2.62. The van der Waals surface area contributed by atoms with Crippen molar-refractivity contribution in [2.45, 2.75) is 13.3 Å². The number of hydrogen-bond acceptors (Lipinski definition) is 2. The molecule has 0 saturated heterocycles. The summed E-state index contributed by atoms with van der Waals surface area (Å²) in [5.74, 6) is -0.704. The van der Waals surface area contributed by atoms with Crippen LogP contribution in [0.3, 0.4) is 0 Å². The molecule has 3 heteroatoms. The van der Waals surface area contributed by atoms with Gasteiger partial charge in [-0.1, -0.05) is 13.0 Å². The van der Waals surface area contributed by atoms with Crippen molar-refractivity contribution < 1.29 is 4.39 Å². The molecule has 13 heavy (non-hydrogen) atoms. The third kappa shape index (κ3) is 1.50. The highest BCUT2D eigenvalue weighted by Crippen LogP contribution is 2.16. The first-order valence-corrected chi connectivity index (χ1v) is 3.86. The molecule has 0 fully saturated rings. The lowest BCUT2D eigenvalue weighted by Gasteiger charge is -2.01. The minimum absolute atomic E-state index is 0.0125. The first-order chi connectivity index (χ1) is 6.24. The quantitative estimate of drug-likeness (QED) is 0.654. The van der Waals surface area contributed by atoms with Crippen molar-refractivity contribution in [2.24, 2.45) is 0 Å². The first-order valence-electron chi connectivity index (χ1n) is 3.86. The van der Waals surface area contributed by atoms with E-state index in [2.05, 4.69) is 0 Å². The molecule has 0 aliphatic carbocycles. The van der Waals surface area contributed by atoms with Gasteiger partial charge in [0.25, 0.3) is 0 Å². The summed E-state index contributed by atoms with van der Waals surface area (Å²) in [7, 11) is 0. The van der Waals surface area contributed by atoms with Crippen LogP contribution < -0.4 is 0 Å². The minimum Gasteiger partial charge on any atom is -0.204 e. The molecule has 0 bridgehead atoms. The topological polar surface area (TPSA) is 47.6 Å². The van der Waals surface area contributed by atoms with E-state index in [0.717, 1.165) is 0 Å². The monoisotopic (exact) mass is 174 g/mol. The van der Waals surface area contributed by atoms with Gasteiger partial charge < -0.3 is 0 Å². The van der Waals surface area contributed by atoms with Crippen LogP contribution in [0.4, 0.5) is 4.39 Å². The predicted octanol–water partition coefficient (Wildman–Crippen LogP) is 2.13. The van der Waals surface area contributed by atoms with Crippen LogP contribution in [0.5, 0.6) is 0 Å². The fraction of sp³-hybridized carbons (Fsp3) is 0.200. The summed E-state index contributed by atoms with van der Waals surface area (Å²) < 4.78 is 13.3. The Morgan fingerprint density at radius 3 is 2.46 bits per heavy atom. The van der Waals surface area contributed by atoms with Gasteiger partial charge >= 0.3 is 0 Å². The summed E-state index contributed by atoms with van der Waals surface area (Å²) in [6.07, 6.45) is 0.589. The van der Waals surface area contributed by atoms with Crippen molar-refractivity contribution in [3.05, 3.63) is 34.6 Å². The lowest BCUT2D eigenvalue weighted by molar-refractivity contribution is 0.617. The van der Waals surface area contributed by atoms with Crippen LogP contribution in [0, 0.1) is 28.5 Å². The smallest absolute Gasteiger partial charge is 0.158 e. The number of halogens is 1. The average molecular weight is 174 g/mol. The Labute approximate surface area is 75.8 Å². The summed E-state index contributed by atoms with van der Waals surface area (Å²) in [6.45, 7) is 1.83. The zero-order valence-corrected chi connectivity index (χ0v) is 7.13. The van der Waals surface area contributed by atoms with Gasteiger partial charge in [-0.2, -0.15) is 10.5 Å². The zero-order valence-electron chi connectivity index (χ0n) is 7.13. The zero-order chi connectivity index (χ0) is 9.84. The Morgan fingerprint density at radius 2 is 2.00 bits per heavy atom. The summed E-state index contributed by atoms with van der Waals surface area (Å²) in [4.78, 5) is 0. The molecule has 0 aromatic heterocycles. The molecule has 1 aromatic rings. The van der Waals surface area contributed by atoms with Gasteiger partial charge in [-0.3, -0.25) is 0 Å². The number of rotatable bonds is 1. The molecule has 0 amide bonds. The maximum atomic E-state index is 13.3. The lowest BCUT2D eigenvalue weighted by Crippen LogP contribution is -1.95. The number of nitriles is 2. The molecule has 0 aliphatic heterocycles. The Bertz CT molecular complexity index is 410. The van der Waals surface area contributed by atoms with Crippen LogP contribution in [0.25, 0.3) is 0 Å². The molecule has 1 aromatic carbocycles. The lowest BCUT2D eigenvalue weighted by atomic mass is 10.0. The molecule has 1 rings (SSSR count). The van der Waals surface area contributed by atoms with Crippen LogP contribution in [-0.2, 0) is 6.42 Å². The van der Waals surface area contributed by atoms with Crippen LogP contribution in [0.15, 0.2) is 12.1 Å². The van der Waals surface area contributed by atoms with Crippen molar-refractivity contribution in [3.63, 3.8) is 0 Å². The molecule has 64 valence electrons. The van der Waals surface area contributed by atoms with Crippen molar-refractivity contribution in [1.82, 2.24) is 0 Å². The third-order valence-electron chi connectivity index (χ3n) is 1.84. The van der Waals surface area contributed by atoms with E-state index in [-0.39, 0.29) is 11.1 Å². The molecule has 0 unspecified atom stereocenters. The van der Waals surface area contributed by atoms with Gasteiger partial charge in [0.2, 0.25) is 0 Å². The molecule has 2 nitrogen and oxygen atoms in total. The van der Waals surface area contributed by atoms with Gasteiger partial charge in [-0.15, -0.1) is 0 Å². The van der Waals surface area contributed by atoms with E-state index in [1.807, 2.05) is 6.92 Å². The number of aryl methyl sites for hydroxylation is 1. The summed E-state index contributed by atoms with van der Waals surface area (Å²) >= 11 is 0. The van der Waals surface area contributed by atoms with Gasteiger partial charge in [-0.05, 0) is 18.1 Å². The summed E-state index contributed by atoms with van der Waals surface area (Å²) in [6, 6.07) is 6.47. The van der Waals surface area contributed by atoms with E-state index < -0.39 is 5.82 Å². The normalized spacial score (nSPS) is 8.92. The van der Waals surface area contributed by atoms with Crippen molar-refractivity contribution >= 4 is 0 Å². The highest BCUT2D eigenvalue weighted by molar-refractivity contribution is 5.46. The molecule has 0 radical (unpaired) electrons. The highest BCUT2D eigenvalue weighted by Gasteiger charge is 2.11. The third-order valence-corrected chi connectivity index (χ3v) is 1.84. The number of nitrogens with zero attached hydrogens (tertiary/aromatic N) is 2. The first kappa shape index (κ1) is 9.22. The molecule has 0 atom stereocenters. The molecule has 0 N–H and O–H groups in total. The van der Waals surface area contributed by atoms with Crippen LogP contribution >= 0.6 is 0 Å². The SMILES string of the molecule is CCc1ccc(C#N)c(F)c1C#N. The number of benzene rings is 1. The van der Waals surface area contributed by atoms with Gasteiger partial charge in [0.15, 0.2) is 5.82 Å². The van der Waals surface area contributed by atoms with Crippen molar-refractivity contribution in [2.75, 3.05) is 0 Å². The van der Waals surface area contributed by atoms with Crippen molar-refractivity contribution in [3.8, 4) is 12.1 Å². The van der Waals surface area contributed by atoms with E-state index in [9.17, 15) is 4.39 Å². The van der Waals surface area contributed by atoms with Crippen LogP contribution in [0.2, 0.25) is 0 Å². The maximum absolute atomic E-state index is 13.3. The Hall–Kier alpha value is -1.87. The van der Waals surface area contributed by atoms with E-state index in [4.69, 9.17) is 10.5 Å². The standard InChI is InChI=1S/C10H7FN2/c1-2-7-3-4-8(5-12)10(11)9(7)6-13/h3-4H,2H2,1H3. The highest BCUT2D eigenvalue weighted by atomic mass is 19.1. The molecule has 0 saturated carbocycles. The Morgan fingerprint density at radius 1 is 1.31 bits per heavy atom. The molecular formula is C10H7FN2. The second-order valence-corrected chi connectivity index (χ2v) is 2.54. The van der Waals surface area contributed by atoms with Gasteiger partial charge in [0.05, 0.1) is 11.1 Å². The van der Waals surface area contributed by atoms with E-state index in [1.165, 1.54) is 6.07 Å². The second-order valence-electron chi connectivity index (χ2n) is 2.54. The predicted molar refractivity (Wildman–Crippen MR) is 45.2 cm³/mol. The molecular weight excluding hydrogens is 167 g/mol. The van der Waals surface area contributed by atoms with E-state index >= 15 is 0 Å². The fourth-order valence-electron chi connectivity index (χ4n) is 1.12. The van der Waals surface area contributed by atoms with Crippen LogP contribution in [0.1, 0.15) is 23.6 Å². The maximum Gasteiger partial charge on any atom is 0.158 e. The average Bonchev–Trinajstić information content (AvgIpc) is 2.17. The van der Waals surface area contributed by atoms with Crippen LogP contribution in [-0.4, -0.2) is 0 Å². The summed E-state index contributed by atoms with van der Waals surface area (Å²) in [5, 5.41) is 17.2. The largest absolute Gasteiger partial charge is 0.204 e. The van der Waals surface area contributed by atoms with Crippen molar-refractivity contribution in [1.29, 1.82) is 10.5 Å². The summed E-state index contributed by atoms with van der Waals surface area (Å²) in [5.41, 5.74) is 0.550. The second kappa shape index (κ2) is 3.69. The minimum atomic E-state index is -0.704. The molecule has 0 aliphatic rings. The van der Waals surface area contributed by atoms with E-state index in [1.54, 1.807) is 18.2 Å². The van der Waals surface area contributed by atoms with Gasteiger partial charge in [-0.25, -0.2) is 4.39 Å². The van der Waals surface area contributed by atoms with Gasteiger partial charge in [0.1, 0.15) is 12.1 Å². The molecule has 0 spiro atoms. The number of hydrogen-bond donors (Lipinski definition) is 0. The fourth-order valence-corrected chi connectivity index (χ4v) is 1.12. The molecule has 0 heterocycles.